The third-order valence-corrected chi connectivity index (χ3v) is 5.11. The Kier molecular flexibility index (Phi) is 9.84. The van der Waals surface area contributed by atoms with Gasteiger partial charge in [0.05, 0.1) is 6.54 Å². The van der Waals surface area contributed by atoms with E-state index in [-0.39, 0.29) is 29.6 Å². The fourth-order valence-corrected chi connectivity index (χ4v) is 3.34. The Morgan fingerprint density at radius 1 is 0.960 bits per heavy atom. The molecular formula is C21H37NO3. The van der Waals surface area contributed by atoms with Crippen molar-refractivity contribution in [1.29, 1.82) is 0 Å². The predicted molar refractivity (Wildman–Crippen MR) is 102 cm³/mol. The highest BCUT2D eigenvalue weighted by Crippen LogP contribution is 2.21. The number of unbranched alkanes of at least 4 members (excludes halogenated alkanes) is 5. The second-order valence-corrected chi connectivity index (χ2v) is 8.14. The first-order chi connectivity index (χ1) is 11.8. The number of allylic oxidation sites excluding steroid dienone is 1. The molecule has 0 aliphatic carbocycles. The number of aliphatic hydroxyl groups is 1. The Morgan fingerprint density at radius 3 is 2.12 bits per heavy atom. The molecular weight excluding hydrogens is 314 g/mol. The van der Waals surface area contributed by atoms with E-state index in [4.69, 9.17) is 0 Å². The number of likely N-dealkylation sites (tertiary alicyclic amines) is 1. The van der Waals surface area contributed by atoms with Crippen molar-refractivity contribution < 1.29 is 14.7 Å². The van der Waals surface area contributed by atoms with Gasteiger partial charge in [-0.3, -0.25) is 9.59 Å². The molecule has 144 valence electrons. The Hall–Kier alpha value is -1.32. The first-order valence-electron chi connectivity index (χ1n) is 10.0. The van der Waals surface area contributed by atoms with Crippen molar-refractivity contribution in [3.05, 3.63) is 11.3 Å². The largest absolute Gasteiger partial charge is 0.511 e. The summed E-state index contributed by atoms with van der Waals surface area (Å²) in [4.78, 5) is 24.8. The summed E-state index contributed by atoms with van der Waals surface area (Å²) in [6.07, 6.45) is 11.3. The van der Waals surface area contributed by atoms with Gasteiger partial charge >= 0.3 is 0 Å². The van der Waals surface area contributed by atoms with Crippen molar-refractivity contribution in [2.45, 2.75) is 85.0 Å². The van der Waals surface area contributed by atoms with E-state index in [1.54, 1.807) is 7.05 Å². The molecule has 0 bridgehead atoms. The number of nitrogens with zero attached hydrogens (tertiary/aromatic N) is 1. The molecule has 25 heavy (non-hydrogen) atoms. The van der Waals surface area contributed by atoms with Crippen LogP contribution in [0, 0.1) is 11.8 Å². The lowest BCUT2D eigenvalue weighted by Crippen LogP contribution is -2.19. The first-order valence-corrected chi connectivity index (χ1v) is 10.0. The molecule has 1 aliphatic rings. The van der Waals surface area contributed by atoms with E-state index in [9.17, 15) is 14.7 Å². The van der Waals surface area contributed by atoms with Crippen molar-refractivity contribution >= 4 is 11.7 Å². The van der Waals surface area contributed by atoms with Crippen LogP contribution in [-0.2, 0) is 9.59 Å². The van der Waals surface area contributed by atoms with Crippen LogP contribution >= 0.6 is 0 Å². The maximum absolute atomic E-state index is 11.8. The van der Waals surface area contributed by atoms with Crippen LogP contribution in [0.25, 0.3) is 0 Å². The van der Waals surface area contributed by atoms with Gasteiger partial charge in [0.15, 0.2) is 5.78 Å². The number of Topliss-reactive ketones (excluding diaryl/α,β-unsaturated/α-hetero) is 1. The molecule has 1 amide bonds. The van der Waals surface area contributed by atoms with Crippen LogP contribution in [-0.4, -0.2) is 35.3 Å². The summed E-state index contributed by atoms with van der Waals surface area (Å²) in [5.41, 5.74) is 0.0119. The number of carbonyl (C=O) groups excluding carboxylic acids is 2. The number of ketones is 1. The van der Waals surface area contributed by atoms with Gasteiger partial charge in [-0.05, 0) is 18.3 Å². The van der Waals surface area contributed by atoms with Crippen molar-refractivity contribution in [3.63, 3.8) is 0 Å². The molecule has 0 saturated carbocycles. The summed E-state index contributed by atoms with van der Waals surface area (Å²) in [6, 6.07) is 0. The van der Waals surface area contributed by atoms with Crippen LogP contribution in [0.15, 0.2) is 11.3 Å². The van der Waals surface area contributed by atoms with Crippen LogP contribution in [0.4, 0.5) is 0 Å². The molecule has 0 aromatic rings. The maximum atomic E-state index is 11.8. The molecule has 4 nitrogen and oxygen atoms in total. The molecule has 1 N–H and O–H groups in total. The molecule has 1 unspecified atom stereocenters. The number of aliphatic hydroxyl groups excluding tert-OH is 1. The number of rotatable bonds is 12. The summed E-state index contributed by atoms with van der Waals surface area (Å²) >= 11 is 0. The molecule has 1 heterocycles. The number of likely N-dealkylation sites (N-methyl/N-ethyl adjacent to an activating group) is 1. The topological polar surface area (TPSA) is 57.6 Å². The molecule has 1 fully saturated rings. The van der Waals surface area contributed by atoms with E-state index in [2.05, 4.69) is 20.8 Å². The fourth-order valence-electron chi connectivity index (χ4n) is 3.34. The van der Waals surface area contributed by atoms with E-state index in [1.807, 2.05) is 0 Å². The van der Waals surface area contributed by atoms with Crippen LogP contribution < -0.4 is 0 Å². The van der Waals surface area contributed by atoms with Gasteiger partial charge in [-0.15, -0.1) is 0 Å². The van der Waals surface area contributed by atoms with Crippen LogP contribution in [0.5, 0.6) is 0 Å². The van der Waals surface area contributed by atoms with Gasteiger partial charge in [0.1, 0.15) is 11.3 Å². The second-order valence-electron chi connectivity index (χ2n) is 8.14. The molecule has 0 aromatic carbocycles. The van der Waals surface area contributed by atoms with Crippen LogP contribution in [0.2, 0.25) is 0 Å². The smallest absolute Gasteiger partial charge is 0.261 e. The summed E-state index contributed by atoms with van der Waals surface area (Å²) in [5, 5.41) is 10.0. The van der Waals surface area contributed by atoms with E-state index in [0.717, 1.165) is 31.1 Å². The molecule has 1 atom stereocenters. The zero-order chi connectivity index (χ0) is 18.8. The molecule has 4 heteroatoms. The summed E-state index contributed by atoms with van der Waals surface area (Å²) < 4.78 is 0. The average Bonchev–Trinajstić information content (AvgIpc) is 2.80. The monoisotopic (exact) mass is 351 g/mol. The quantitative estimate of drug-likeness (QED) is 0.232. The Bertz CT molecular complexity index is 468. The number of hydrogen-bond donors (Lipinski definition) is 1. The van der Waals surface area contributed by atoms with Gasteiger partial charge in [-0.25, -0.2) is 0 Å². The zero-order valence-electron chi connectivity index (χ0n) is 16.6. The van der Waals surface area contributed by atoms with Crippen molar-refractivity contribution in [2.75, 3.05) is 13.6 Å². The predicted octanol–water partition coefficient (Wildman–Crippen LogP) is 5.03. The standard InChI is InChI=1S/C21H37NO3/c1-16(2)13-14-17(3)11-9-7-5-6-8-10-12-18(23)20-19(24)15-22(4)21(20)25/h16-17,23H,5-15H2,1-4H3. The minimum Gasteiger partial charge on any atom is -0.511 e. The third kappa shape index (κ3) is 8.06. The normalized spacial score (nSPS) is 18.4. The number of amides is 1. The van der Waals surface area contributed by atoms with Gasteiger partial charge in [-0.2, -0.15) is 0 Å². The third-order valence-electron chi connectivity index (χ3n) is 5.11. The highest BCUT2D eigenvalue weighted by Gasteiger charge is 2.33. The minimum absolute atomic E-state index is 0.0119. The Balaban J connectivity index is 2.07. The lowest BCUT2D eigenvalue weighted by Gasteiger charge is -2.12. The van der Waals surface area contributed by atoms with E-state index in [1.165, 1.54) is 43.4 Å². The lowest BCUT2D eigenvalue weighted by atomic mass is 9.94. The van der Waals surface area contributed by atoms with Gasteiger partial charge in [0, 0.05) is 13.5 Å². The van der Waals surface area contributed by atoms with E-state index >= 15 is 0 Å². The van der Waals surface area contributed by atoms with Crippen molar-refractivity contribution in [2.24, 2.45) is 11.8 Å². The van der Waals surface area contributed by atoms with Gasteiger partial charge in [0.25, 0.3) is 5.91 Å². The Labute approximate surface area is 153 Å². The first kappa shape index (κ1) is 21.7. The summed E-state index contributed by atoms with van der Waals surface area (Å²) in [5.74, 6) is 1.04. The maximum Gasteiger partial charge on any atom is 0.261 e. The lowest BCUT2D eigenvalue weighted by molar-refractivity contribution is -0.123. The SMILES string of the molecule is CC(C)CCC(C)CCCCCCCCC(O)=C1C(=O)CN(C)C1=O. The fraction of sp³-hybridized carbons (Fsp3) is 0.810. The molecule has 1 rings (SSSR count). The Morgan fingerprint density at radius 2 is 1.56 bits per heavy atom. The van der Waals surface area contributed by atoms with Crippen LogP contribution in [0.1, 0.15) is 85.0 Å². The van der Waals surface area contributed by atoms with Gasteiger partial charge in [0.2, 0.25) is 0 Å². The summed E-state index contributed by atoms with van der Waals surface area (Å²) in [6.45, 7) is 7.03. The second kappa shape index (κ2) is 11.3. The van der Waals surface area contributed by atoms with Crippen molar-refractivity contribution in [1.82, 2.24) is 4.90 Å². The molecule has 1 saturated heterocycles. The van der Waals surface area contributed by atoms with E-state index in [0.29, 0.717) is 6.42 Å². The number of hydrogen-bond acceptors (Lipinski definition) is 3. The van der Waals surface area contributed by atoms with Gasteiger partial charge < -0.3 is 10.0 Å². The summed E-state index contributed by atoms with van der Waals surface area (Å²) in [7, 11) is 1.59. The molecule has 0 spiro atoms. The minimum atomic E-state index is -0.339. The zero-order valence-corrected chi connectivity index (χ0v) is 16.6. The highest BCUT2D eigenvalue weighted by atomic mass is 16.3. The highest BCUT2D eigenvalue weighted by molar-refractivity contribution is 6.25. The average molecular weight is 352 g/mol. The van der Waals surface area contributed by atoms with Crippen molar-refractivity contribution in [3.8, 4) is 0 Å². The molecule has 1 aliphatic heterocycles. The van der Waals surface area contributed by atoms with E-state index < -0.39 is 0 Å². The van der Waals surface area contributed by atoms with Crippen LogP contribution in [0.3, 0.4) is 0 Å². The molecule has 0 aromatic heterocycles. The van der Waals surface area contributed by atoms with Gasteiger partial charge in [-0.1, -0.05) is 72.1 Å². The number of carbonyl (C=O) groups is 2. The molecule has 0 radical (unpaired) electrons.